The lowest BCUT2D eigenvalue weighted by molar-refractivity contribution is 0.122. The van der Waals surface area contributed by atoms with E-state index < -0.39 is 0 Å². The second kappa shape index (κ2) is 9.54. The van der Waals surface area contributed by atoms with Crippen molar-refractivity contribution < 1.29 is 14.0 Å². The van der Waals surface area contributed by atoms with Crippen molar-refractivity contribution in [3.05, 3.63) is 48.5 Å². The minimum absolute atomic E-state index is 0.577. The minimum atomic E-state index is 0.577. The van der Waals surface area contributed by atoms with Gasteiger partial charge in [-0.15, -0.1) is 0 Å². The predicted molar refractivity (Wildman–Crippen MR) is 121 cm³/mol. The van der Waals surface area contributed by atoms with Crippen molar-refractivity contribution in [1.29, 1.82) is 0 Å². The molecule has 5 rings (SSSR count). The Labute approximate surface area is 187 Å². The van der Waals surface area contributed by atoms with Gasteiger partial charge in [0.1, 0.15) is 11.6 Å². The van der Waals surface area contributed by atoms with Gasteiger partial charge in [-0.2, -0.15) is 4.98 Å². The Balaban J connectivity index is 1.17. The van der Waals surface area contributed by atoms with E-state index in [1.807, 2.05) is 36.5 Å². The molecule has 168 valence electrons. The molecule has 3 aromatic rings. The number of methoxy groups -OCH3 is 1. The molecule has 2 saturated heterocycles. The number of benzene rings is 1. The van der Waals surface area contributed by atoms with Gasteiger partial charge in [0.25, 0.3) is 0 Å². The molecule has 0 aliphatic carbocycles. The van der Waals surface area contributed by atoms with Gasteiger partial charge in [-0.1, -0.05) is 17.3 Å². The third-order valence-corrected chi connectivity index (χ3v) is 5.97. The maximum absolute atomic E-state index is 5.53. The van der Waals surface area contributed by atoms with Gasteiger partial charge in [0.15, 0.2) is 0 Å². The van der Waals surface area contributed by atoms with Crippen LogP contribution in [-0.4, -0.2) is 79.6 Å². The molecule has 2 aliphatic rings. The first-order chi connectivity index (χ1) is 15.8. The zero-order valence-electron chi connectivity index (χ0n) is 18.3. The van der Waals surface area contributed by atoms with Crippen LogP contribution < -0.4 is 14.5 Å². The van der Waals surface area contributed by atoms with Crippen molar-refractivity contribution >= 4 is 11.5 Å². The molecule has 0 spiro atoms. The quantitative estimate of drug-likeness (QED) is 0.578. The van der Waals surface area contributed by atoms with Gasteiger partial charge in [0.05, 0.1) is 32.6 Å². The van der Waals surface area contributed by atoms with Crippen molar-refractivity contribution in [3.63, 3.8) is 0 Å². The zero-order valence-corrected chi connectivity index (χ0v) is 18.3. The van der Waals surface area contributed by atoms with Crippen LogP contribution in [0.25, 0.3) is 11.4 Å². The lowest BCUT2D eigenvalue weighted by Gasteiger charge is -2.35. The summed E-state index contributed by atoms with van der Waals surface area (Å²) in [5.74, 6) is 3.07. The summed E-state index contributed by atoms with van der Waals surface area (Å²) in [5, 5.41) is 4.17. The number of aromatic nitrogens is 3. The highest BCUT2D eigenvalue weighted by molar-refractivity contribution is 5.59. The number of anilines is 2. The summed E-state index contributed by atoms with van der Waals surface area (Å²) in [4.78, 5) is 16.1. The van der Waals surface area contributed by atoms with Gasteiger partial charge in [-0.25, -0.2) is 4.98 Å². The molecular formula is C23H28N6O3. The zero-order chi connectivity index (χ0) is 21.8. The van der Waals surface area contributed by atoms with Gasteiger partial charge >= 0.3 is 0 Å². The molecule has 1 aromatic carbocycles. The van der Waals surface area contributed by atoms with Crippen LogP contribution in [0.5, 0.6) is 5.75 Å². The molecule has 9 heteroatoms. The normalized spacial score (nSPS) is 17.5. The van der Waals surface area contributed by atoms with E-state index in [0.717, 1.165) is 75.3 Å². The summed E-state index contributed by atoms with van der Waals surface area (Å²) in [6, 6.07) is 12.2. The number of hydrogen-bond donors (Lipinski definition) is 0. The van der Waals surface area contributed by atoms with E-state index in [-0.39, 0.29) is 0 Å². The van der Waals surface area contributed by atoms with Crippen LogP contribution in [0.3, 0.4) is 0 Å². The van der Waals surface area contributed by atoms with Crippen LogP contribution in [-0.2, 0) is 11.3 Å². The highest BCUT2D eigenvalue weighted by atomic mass is 16.5. The van der Waals surface area contributed by atoms with E-state index >= 15 is 0 Å². The summed E-state index contributed by atoms with van der Waals surface area (Å²) in [5.41, 5.74) is 2.00. The van der Waals surface area contributed by atoms with Gasteiger partial charge in [0.2, 0.25) is 11.7 Å². The first-order valence-corrected chi connectivity index (χ1v) is 11.0. The van der Waals surface area contributed by atoms with E-state index in [1.54, 1.807) is 7.11 Å². The fraction of sp³-hybridized carbons (Fsp3) is 0.435. The van der Waals surface area contributed by atoms with Crippen LogP contribution in [0, 0.1) is 0 Å². The first kappa shape index (κ1) is 20.7. The smallest absolute Gasteiger partial charge is 0.241 e. The van der Waals surface area contributed by atoms with Crippen molar-refractivity contribution in [2.24, 2.45) is 0 Å². The Kier molecular flexibility index (Phi) is 6.17. The largest absolute Gasteiger partial charge is 0.495 e. The number of morpholine rings is 1. The second-order valence-corrected chi connectivity index (χ2v) is 7.95. The van der Waals surface area contributed by atoms with Crippen LogP contribution in [0.1, 0.15) is 5.89 Å². The molecule has 32 heavy (non-hydrogen) atoms. The molecule has 0 saturated carbocycles. The third kappa shape index (κ3) is 4.53. The number of hydrogen-bond acceptors (Lipinski definition) is 9. The molecular weight excluding hydrogens is 408 g/mol. The Bertz CT molecular complexity index is 1010. The molecule has 0 N–H and O–H groups in total. The van der Waals surface area contributed by atoms with Crippen molar-refractivity contribution in [2.45, 2.75) is 6.54 Å². The number of ether oxygens (including phenoxy) is 2. The predicted octanol–water partition coefficient (Wildman–Crippen LogP) is 2.30. The molecule has 2 fully saturated rings. The van der Waals surface area contributed by atoms with Crippen molar-refractivity contribution in [1.82, 2.24) is 20.0 Å². The molecule has 0 bridgehead atoms. The highest BCUT2D eigenvalue weighted by Crippen LogP contribution is 2.28. The van der Waals surface area contributed by atoms with Gasteiger partial charge in [-0.3, -0.25) is 4.90 Å². The van der Waals surface area contributed by atoms with Crippen LogP contribution in [0.2, 0.25) is 0 Å². The lowest BCUT2D eigenvalue weighted by atomic mass is 10.2. The molecule has 9 nitrogen and oxygen atoms in total. The monoisotopic (exact) mass is 436 g/mol. The average molecular weight is 437 g/mol. The second-order valence-electron chi connectivity index (χ2n) is 7.95. The number of para-hydroxylation sites is 2. The Morgan fingerprint density at radius 3 is 2.50 bits per heavy atom. The molecule has 0 atom stereocenters. The third-order valence-electron chi connectivity index (χ3n) is 5.97. The maximum Gasteiger partial charge on any atom is 0.241 e. The summed E-state index contributed by atoms with van der Waals surface area (Å²) < 4.78 is 16.4. The van der Waals surface area contributed by atoms with Gasteiger partial charge in [0, 0.05) is 51.0 Å². The SMILES string of the molecule is COc1ccccc1N1CCN(Cc2nc(-c3ccc(N4CCOCC4)nc3)no2)CC1. The number of piperazine rings is 1. The number of pyridine rings is 1. The van der Waals surface area contributed by atoms with E-state index in [9.17, 15) is 0 Å². The average Bonchev–Trinajstić information content (AvgIpc) is 3.33. The van der Waals surface area contributed by atoms with E-state index in [2.05, 4.69) is 35.9 Å². The standard InChI is InChI=1S/C23H28N6O3/c1-30-20-5-3-2-4-19(20)28-10-8-27(9-11-28)17-22-25-23(26-32-22)18-6-7-21(24-16-18)29-12-14-31-15-13-29/h2-7,16H,8-15,17H2,1H3. The fourth-order valence-corrected chi connectivity index (χ4v) is 4.16. The fourth-order valence-electron chi connectivity index (χ4n) is 4.16. The molecule has 0 radical (unpaired) electrons. The minimum Gasteiger partial charge on any atom is -0.495 e. The topological polar surface area (TPSA) is 80.0 Å². The van der Waals surface area contributed by atoms with Crippen LogP contribution >= 0.6 is 0 Å². The number of nitrogens with zero attached hydrogens (tertiary/aromatic N) is 6. The van der Waals surface area contributed by atoms with Crippen LogP contribution in [0.15, 0.2) is 47.1 Å². The molecule has 4 heterocycles. The van der Waals surface area contributed by atoms with E-state index in [4.69, 9.17) is 14.0 Å². The number of rotatable bonds is 6. The molecule has 0 unspecified atom stereocenters. The highest BCUT2D eigenvalue weighted by Gasteiger charge is 2.21. The van der Waals surface area contributed by atoms with Crippen molar-refractivity contribution in [2.75, 3.05) is 69.4 Å². The molecule has 2 aromatic heterocycles. The Morgan fingerprint density at radius 2 is 1.75 bits per heavy atom. The maximum atomic E-state index is 5.53. The Morgan fingerprint density at radius 1 is 0.938 bits per heavy atom. The van der Waals surface area contributed by atoms with Gasteiger partial charge < -0.3 is 23.8 Å². The Hall–Kier alpha value is -3.17. The van der Waals surface area contributed by atoms with Crippen LogP contribution in [0.4, 0.5) is 11.5 Å². The summed E-state index contributed by atoms with van der Waals surface area (Å²) in [7, 11) is 1.72. The summed E-state index contributed by atoms with van der Waals surface area (Å²) >= 11 is 0. The van der Waals surface area contributed by atoms with Gasteiger partial charge in [-0.05, 0) is 24.3 Å². The lowest BCUT2D eigenvalue weighted by Crippen LogP contribution is -2.46. The first-order valence-electron chi connectivity index (χ1n) is 11.0. The molecule has 2 aliphatic heterocycles. The van der Waals surface area contributed by atoms with E-state index in [0.29, 0.717) is 18.3 Å². The molecule has 0 amide bonds. The van der Waals surface area contributed by atoms with Crippen molar-refractivity contribution in [3.8, 4) is 17.1 Å². The summed E-state index contributed by atoms with van der Waals surface area (Å²) in [6.07, 6.45) is 1.81. The summed E-state index contributed by atoms with van der Waals surface area (Å²) in [6.45, 7) is 7.55. The van der Waals surface area contributed by atoms with E-state index in [1.165, 1.54) is 0 Å².